The number of hydrogen-bond acceptors (Lipinski definition) is 7. The van der Waals surface area contributed by atoms with Gasteiger partial charge in [0.05, 0.1) is 35.0 Å². The number of amides is 2. The Bertz CT molecular complexity index is 1450. The predicted octanol–water partition coefficient (Wildman–Crippen LogP) is 2.94. The molecule has 3 N–H and O–H groups in total. The molecule has 3 unspecified atom stereocenters. The molecule has 1 aliphatic heterocycles. The molecule has 0 aliphatic carbocycles. The smallest absolute Gasteiger partial charge is 0.280 e. The van der Waals surface area contributed by atoms with Crippen LogP contribution in [0.2, 0.25) is 5.02 Å². The van der Waals surface area contributed by atoms with E-state index in [1.165, 1.54) is 16.9 Å². The Kier molecular flexibility index (Phi) is 7.19. The number of benzene rings is 1. The van der Waals surface area contributed by atoms with Gasteiger partial charge in [-0.05, 0) is 37.1 Å². The van der Waals surface area contributed by atoms with Gasteiger partial charge in [0, 0.05) is 30.4 Å². The number of carbonyl (C=O) groups is 2. The molecule has 1 saturated heterocycles. The third-order valence-corrected chi connectivity index (χ3v) is 6.34. The molecule has 10 nitrogen and oxygen atoms in total. The van der Waals surface area contributed by atoms with E-state index in [2.05, 4.69) is 20.4 Å². The van der Waals surface area contributed by atoms with Crippen LogP contribution in [0.3, 0.4) is 0 Å². The Morgan fingerprint density at radius 3 is 2.71 bits per heavy atom. The molecule has 0 bridgehead atoms. The van der Waals surface area contributed by atoms with E-state index >= 15 is 0 Å². The van der Waals surface area contributed by atoms with E-state index < -0.39 is 29.7 Å². The van der Waals surface area contributed by atoms with Gasteiger partial charge in [0.25, 0.3) is 17.6 Å². The van der Waals surface area contributed by atoms with Gasteiger partial charge in [-0.3, -0.25) is 14.6 Å². The average molecular weight is 533 g/mol. The number of nitrogens with zero attached hydrogens (tertiary/aromatic N) is 4. The molecule has 1 aromatic carbocycles. The molecule has 0 saturated carbocycles. The monoisotopic (exact) mass is 532 g/mol. The van der Waals surface area contributed by atoms with E-state index in [1.807, 2.05) is 42.5 Å². The number of primary amides is 1. The quantitative estimate of drug-likeness (QED) is 0.356. The van der Waals surface area contributed by atoms with Crippen molar-refractivity contribution in [3.63, 3.8) is 0 Å². The summed E-state index contributed by atoms with van der Waals surface area (Å²) in [4.78, 5) is 34.9. The molecule has 11 heteroatoms. The van der Waals surface area contributed by atoms with Crippen LogP contribution in [0.15, 0.2) is 79.4 Å². The number of ether oxygens (including phenoxy) is 2. The van der Waals surface area contributed by atoms with Crippen LogP contribution in [0, 0.1) is 0 Å². The van der Waals surface area contributed by atoms with Crippen LogP contribution >= 0.6 is 11.6 Å². The van der Waals surface area contributed by atoms with Crippen molar-refractivity contribution < 1.29 is 19.1 Å². The molecule has 1 aliphatic rings. The van der Waals surface area contributed by atoms with E-state index in [4.69, 9.17) is 26.8 Å². The summed E-state index contributed by atoms with van der Waals surface area (Å²) in [5.74, 6) is -3.03. The van der Waals surface area contributed by atoms with Crippen molar-refractivity contribution in [2.45, 2.75) is 31.3 Å². The first kappa shape index (κ1) is 25.5. The van der Waals surface area contributed by atoms with Crippen molar-refractivity contribution in [2.75, 3.05) is 6.61 Å². The fourth-order valence-electron chi connectivity index (χ4n) is 4.35. The maximum Gasteiger partial charge on any atom is 0.280 e. The van der Waals surface area contributed by atoms with Crippen LogP contribution in [-0.2, 0) is 20.7 Å². The fourth-order valence-corrected chi connectivity index (χ4v) is 4.51. The highest BCUT2D eigenvalue weighted by molar-refractivity contribution is 6.30. The van der Waals surface area contributed by atoms with Crippen LogP contribution in [-0.4, -0.2) is 56.1 Å². The normalized spacial score (nSPS) is 19.7. The predicted molar refractivity (Wildman–Crippen MR) is 139 cm³/mol. The SMILES string of the molecule is CC1COC(C(N)=O)(C(Cc2cccnc2)NC(=O)c2cc(Cl)cnc2-n2ccc(-c3ccccc3)n2)O1. The summed E-state index contributed by atoms with van der Waals surface area (Å²) < 4.78 is 13.2. The number of aromatic nitrogens is 4. The first-order chi connectivity index (χ1) is 18.4. The lowest BCUT2D eigenvalue weighted by atomic mass is 9.98. The number of halogens is 1. The molecule has 38 heavy (non-hydrogen) atoms. The van der Waals surface area contributed by atoms with Gasteiger partial charge in [-0.25, -0.2) is 9.67 Å². The third-order valence-electron chi connectivity index (χ3n) is 6.13. The topological polar surface area (TPSA) is 134 Å². The van der Waals surface area contributed by atoms with Crippen LogP contribution < -0.4 is 11.1 Å². The zero-order chi connectivity index (χ0) is 26.7. The van der Waals surface area contributed by atoms with Crippen LogP contribution in [0.1, 0.15) is 22.8 Å². The van der Waals surface area contributed by atoms with E-state index in [1.54, 1.807) is 31.6 Å². The van der Waals surface area contributed by atoms with Gasteiger partial charge in [0.2, 0.25) is 0 Å². The van der Waals surface area contributed by atoms with Crippen molar-refractivity contribution in [3.05, 3.63) is 95.5 Å². The maximum atomic E-state index is 13.7. The second kappa shape index (κ2) is 10.7. The molecule has 194 valence electrons. The minimum Gasteiger partial charge on any atom is -0.365 e. The van der Waals surface area contributed by atoms with E-state index in [0.717, 1.165) is 11.1 Å². The molecule has 0 spiro atoms. The number of nitrogens with two attached hydrogens (primary N) is 1. The zero-order valence-corrected chi connectivity index (χ0v) is 21.2. The van der Waals surface area contributed by atoms with Gasteiger partial charge in [-0.2, -0.15) is 5.10 Å². The molecule has 3 atom stereocenters. The number of carbonyl (C=O) groups excluding carboxylic acids is 2. The number of rotatable bonds is 8. The Labute approximate surface area is 223 Å². The molecular weight excluding hydrogens is 508 g/mol. The fraction of sp³-hybridized carbons (Fsp3) is 0.222. The standard InChI is InChI=1S/C27H25ClN6O4/c1-17-16-37-27(38-17,26(29)36)23(12-18-6-5-10-30-14-18)32-25(35)21-13-20(28)15-31-24(21)34-11-9-22(33-34)19-7-3-2-4-8-19/h2-11,13-15,17,23H,12,16H2,1H3,(H2,29,36)(H,32,35). The van der Waals surface area contributed by atoms with Gasteiger partial charge in [0.15, 0.2) is 5.82 Å². The third kappa shape index (κ3) is 5.14. The van der Waals surface area contributed by atoms with Crippen molar-refractivity contribution in [3.8, 4) is 17.1 Å². The minimum absolute atomic E-state index is 0.141. The Morgan fingerprint density at radius 1 is 1.21 bits per heavy atom. The van der Waals surface area contributed by atoms with Crippen molar-refractivity contribution >= 4 is 23.4 Å². The van der Waals surface area contributed by atoms with Crippen molar-refractivity contribution in [1.29, 1.82) is 0 Å². The Balaban J connectivity index is 1.50. The van der Waals surface area contributed by atoms with E-state index in [-0.39, 0.29) is 29.4 Å². The highest BCUT2D eigenvalue weighted by Crippen LogP contribution is 2.30. The molecule has 2 amide bonds. The summed E-state index contributed by atoms with van der Waals surface area (Å²) in [6.07, 6.45) is 6.16. The number of hydrogen-bond donors (Lipinski definition) is 2. The van der Waals surface area contributed by atoms with Crippen molar-refractivity contribution in [2.24, 2.45) is 5.73 Å². The van der Waals surface area contributed by atoms with Gasteiger partial charge in [0.1, 0.15) is 0 Å². The molecule has 5 rings (SSSR count). The van der Waals surface area contributed by atoms with Gasteiger partial charge in [-0.1, -0.05) is 48.0 Å². The molecule has 3 aromatic heterocycles. The molecule has 1 fully saturated rings. The molecule has 0 radical (unpaired) electrons. The summed E-state index contributed by atoms with van der Waals surface area (Å²) >= 11 is 6.24. The lowest BCUT2D eigenvalue weighted by molar-refractivity contribution is -0.194. The molecule has 4 aromatic rings. The summed E-state index contributed by atoms with van der Waals surface area (Å²) in [6.45, 7) is 1.90. The highest BCUT2D eigenvalue weighted by atomic mass is 35.5. The largest absolute Gasteiger partial charge is 0.365 e. The first-order valence-corrected chi connectivity index (χ1v) is 12.3. The lowest BCUT2D eigenvalue weighted by Crippen LogP contribution is -2.61. The van der Waals surface area contributed by atoms with Gasteiger partial charge >= 0.3 is 0 Å². The number of nitrogens with one attached hydrogen (secondary N) is 1. The summed E-state index contributed by atoms with van der Waals surface area (Å²) in [5, 5.41) is 7.74. The Morgan fingerprint density at radius 2 is 2.03 bits per heavy atom. The minimum atomic E-state index is -1.87. The van der Waals surface area contributed by atoms with Crippen LogP contribution in [0.25, 0.3) is 17.1 Å². The van der Waals surface area contributed by atoms with Crippen LogP contribution in [0.4, 0.5) is 0 Å². The zero-order valence-electron chi connectivity index (χ0n) is 20.5. The average Bonchev–Trinajstić information content (AvgIpc) is 3.57. The van der Waals surface area contributed by atoms with Gasteiger partial charge < -0.3 is 20.5 Å². The Hall–Kier alpha value is -4.12. The number of pyridine rings is 2. The highest BCUT2D eigenvalue weighted by Gasteiger charge is 2.53. The van der Waals surface area contributed by atoms with E-state index in [9.17, 15) is 9.59 Å². The summed E-state index contributed by atoms with van der Waals surface area (Å²) in [5.41, 5.74) is 8.27. The summed E-state index contributed by atoms with van der Waals surface area (Å²) in [7, 11) is 0. The molecular formula is C27H25ClN6O4. The summed E-state index contributed by atoms with van der Waals surface area (Å²) in [6, 6.07) is 15.5. The lowest BCUT2D eigenvalue weighted by Gasteiger charge is -2.33. The second-order valence-electron chi connectivity index (χ2n) is 8.90. The second-order valence-corrected chi connectivity index (χ2v) is 9.34. The van der Waals surface area contributed by atoms with E-state index in [0.29, 0.717) is 5.69 Å². The first-order valence-electron chi connectivity index (χ1n) is 11.9. The van der Waals surface area contributed by atoms with Gasteiger partial charge in [-0.15, -0.1) is 0 Å². The van der Waals surface area contributed by atoms with Crippen molar-refractivity contribution in [1.82, 2.24) is 25.1 Å². The maximum absolute atomic E-state index is 13.7. The van der Waals surface area contributed by atoms with Crippen LogP contribution in [0.5, 0.6) is 0 Å². The molecule has 4 heterocycles.